The predicted molar refractivity (Wildman–Crippen MR) is 92.5 cm³/mol. The zero-order chi connectivity index (χ0) is 17.7. The Morgan fingerprint density at radius 1 is 1.25 bits per heavy atom. The molecule has 4 nitrogen and oxygen atoms in total. The Morgan fingerprint density at radius 3 is 2.54 bits per heavy atom. The molecule has 0 spiro atoms. The van der Waals surface area contributed by atoms with Crippen LogP contribution < -0.4 is 5.32 Å². The first-order chi connectivity index (χ1) is 11.4. The molecule has 0 aliphatic heterocycles. The molecule has 0 heterocycles. The monoisotopic (exact) mass is 413 g/mol. The van der Waals surface area contributed by atoms with Gasteiger partial charge in [0.05, 0.1) is 7.11 Å². The maximum absolute atomic E-state index is 12.9. The minimum atomic E-state index is -0.901. The van der Waals surface area contributed by atoms with Gasteiger partial charge in [0.25, 0.3) is 5.91 Å². The van der Waals surface area contributed by atoms with E-state index in [4.69, 9.17) is 16.3 Å². The van der Waals surface area contributed by atoms with Crippen molar-refractivity contribution in [3.05, 3.63) is 68.9 Å². The molecule has 0 radical (unpaired) electrons. The zero-order valence-electron chi connectivity index (χ0n) is 12.7. The van der Waals surface area contributed by atoms with Gasteiger partial charge in [-0.25, -0.2) is 9.18 Å². The topological polar surface area (TPSA) is 55.4 Å². The van der Waals surface area contributed by atoms with E-state index in [0.717, 1.165) is 10.0 Å². The van der Waals surface area contributed by atoms with Crippen molar-refractivity contribution >= 4 is 39.4 Å². The Labute approximate surface area is 152 Å². The molecule has 1 N–H and O–H groups in total. The molecule has 0 fully saturated rings. The van der Waals surface area contributed by atoms with Crippen LogP contribution in [0, 0.1) is 5.82 Å². The average Bonchev–Trinajstić information content (AvgIpc) is 2.57. The van der Waals surface area contributed by atoms with Crippen LogP contribution in [0.1, 0.15) is 15.9 Å². The van der Waals surface area contributed by atoms with Crippen LogP contribution >= 0.6 is 27.5 Å². The van der Waals surface area contributed by atoms with E-state index >= 15 is 0 Å². The Balaban J connectivity index is 2.19. The van der Waals surface area contributed by atoms with Crippen LogP contribution in [0.2, 0.25) is 5.02 Å². The highest BCUT2D eigenvalue weighted by Gasteiger charge is 2.23. The number of amides is 1. The molecule has 2 aromatic carbocycles. The van der Waals surface area contributed by atoms with Gasteiger partial charge in [0.2, 0.25) is 0 Å². The fourth-order valence-corrected chi connectivity index (χ4v) is 2.70. The summed E-state index contributed by atoms with van der Waals surface area (Å²) in [7, 11) is 1.24. The summed E-state index contributed by atoms with van der Waals surface area (Å²) in [6, 6.07) is 9.30. The minimum absolute atomic E-state index is 0.195. The van der Waals surface area contributed by atoms with Gasteiger partial charge in [0, 0.05) is 21.5 Å². The van der Waals surface area contributed by atoms with E-state index < -0.39 is 23.7 Å². The normalized spacial score (nSPS) is 11.7. The summed E-state index contributed by atoms with van der Waals surface area (Å²) in [5.74, 6) is -1.53. The summed E-state index contributed by atoms with van der Waals surface area (Å²) in [6.45, 7) is 0. The maximum atomic E-state index is 12.9. The summed E-state index contributed by atoms with van der Waals surface area (Å²) in [5, 5.41) is 3.11. The Kier molecular flexibility index (Phi) is 6.34. The fourth-order valence-electron chi connectivity index (χ4n) is 2.10. The first-order valence-corrected chi connectivity index (χ1v) is 8.16. The molecule has 0 bridgehead atoms. The van der Waals surface area contributed by atoms with Crippen molar-refractivity contribution in [3.63, 3.8) is 0 Å². The van der Waals surface area contributed by atoms with E-state index in [1.165, 1.54) is 31.4 Å². The Morgan fingerprint density at radius 2 is 1.92 bits per heavy atom. The third-order valence-corrected chi connectivity index (χ3v) is 4.34. The molecule has 1 atom stereocenters. The molecule has 0 saturated heterocycles. The quantitative estimate of drug-likeness (QED) is 0.758. The van der Waals surface area contributed by atoms with Crippen LogP contribution in [-0.4, -0.2) is 25.0 Å². The molecule has 0 aliphatic rings. The Bertz CT molecular complexity index is 752. The van der Waals surface area contributed by atoms with Gasteiger partial charge in [0.1, 0.15) is 11.9 Å². The van der Waals surface area contributed by atoms with Gasteiger partial charge in [-0.1, -0.05) is 27.5 Å². The van der Waals surface area contributed by atoms with Crippen molar-refractivity contribution in [1.82, 2.24) is 5.32 Å². The van der Waals surface area contributed by atoms with E-state index in [-0.39, 0.29) is 12.0 Å². The van der Waals surface area contributed by atoms with Crippen molar-refractivity contribution in [2.45, 2.75) is 12.5 Å². The fraction of sp³-hybridized carbons (Fsp3) is 0.176. The van der Waals surface area contributed by atoms with Crippen LogP contribution in [0.25, 0.3) is 0 Å². The van der Waals surface area contributed by atoms with Crippen molar-refractivity contribution in [2.24, 2.45) is 0 Å². The van der Waals surface area contributed by atoms with Gasteiger partial charge in [-0.05, 0) is 48.0 Å². The standard InChI is InChI=1S/C17H14BrClFNO3/c1-24-17(23)15(9-11-8-12(19)4-7-14(11)18)21-16(22)10-2-5-13(20)6-3-10/h2-8,15H,9H2,1H3,(H,21,22)/t15-/m1/s1. The van der Waals surface area contributed by atoms with Crippen molar-refractivity contribution in [1.29, 1.82) is 0 Å². The molecule has 2 aromatic rings. The number of halogens is 3. The second-order valence-electron chi connectivity index (χ2n) is 5.00. The zero-order valence-corrected chi connectivity index (χ0v) is 15.0. The van der Waals surface area contributed by atoms with Crippen LogP contribution in [-0.2, 0) is 16.0 Å². The molecule has 0 aliphatic carbocycles. The van der Waals surface area contributed by atoms with Gasteiger partial charge >= 0.3 is 5.97 Å². The smallest absolute Gasteiger partial charge is 0.328 e. The summed E-state index contributed by atoms with van der Waals surface area (Å²) in [4.78, 5) is 24.2. The van der Waals surface area contributed by atoms with Crippen LogP contribution in [0.5, 0.6) is 0 Å². The first-order valence-electron chi connectivity index (χ1n) is 6.99. The third kappa shape index (κ3) is 4.79. The first kappa shape index (κ1) is 18.4. The van der Waals surface area contributed by atoms with E-state index in [2.05, 4.69) is 21.2 Å². The van der Waals surface area contributed by atoms with Crippen LogP contribution in [0.3, 0.4) is 0 Å². The second kappa shape index (κ2) is 8.26. The summed E-state index contributed by atoms with van der Waals surface area (Å²) in [5.41, 5.74) is 0.993. The molecule has 126 valence electrons. The van der Waals surface area contributed by atoms with E-state index in [1.54, 1.807) is 18.2 Å². The van der Waals surface area contributed by atoms with E-state index in [1.807, 2.05) is 0 Å². The third-order valence-electron chi connectivity index (χ3n) is 3.33. The van der Waals surface area contributed by atoms with Crippen molar-refractivity contribution in [3.8, 4) is 0 Å². The highest BCUT2D eigenvalue weighted by atomic mass is 79.9. The number of rotatable bonds is 5. The maximum Gasteiger partial charge on any atom is 0.328 e. The number of carbonyl (C=O) groups is 2. The summed E-state index contributed by atoms with van der Waals surface area (Å²) in [6.07, 6.45) is 0.195. The van der Waals surface area contributed by atoms with Crippen molar-refractivity contribution < 1.29 is 18.7 Å². The Hall–Kier alpha value is -1.92. The van der Waals surface area contributed by atoms with Crippen molar-refractivity contribution in [2.75, 3.05) is 7.11 Å². The number of hydrogen-bond acceptors (Lipinski definition) is 3. The highest BCUT2D eigenvalue weighted by molar-refractivity contribution is 9.10. The number of ether oxygens (including phenoxy) is 1. The predicted octanol–water partition coefficient (Wildman–Crippen LogP) is 3.76. The number of methoxy groups -OCH3 is 1. The highest BCUT2D eigenvalue weighted by Crippen LogP contribution is 2.22. The SMILES string of the molecule is COC(=O)[C@@H](Cc1cc(Cl)ccc1Br)NC(=O)c1ccc(F)cc1. The molecule has 7 heteroatoms. The van der Waals surface area contributed by atoms with Gasteiger partial charge < -0.3 is 10.1 Å². The molecular weight excluding hydrogens is 401 g/mol. The molecule has 0 unspecified atom stereocenters. The number of benzene rings is 2. The number of esters is 1. The van der Waals surface area contributed by atoms with Crippen LogP contribution in [0.4, 0.5) is 4.39 Å². The lowest BCUT2D eigenvalue weighted by Crippen LogP contribution is -2.43. The molecule has 0 aromatic heterocycles. The van der Waals surface area contributed by atoms with Gasteiger partial charge in [-0.15, -0.1) is 0 Å². The number of hydrogen-bond donors (Lipinski definition) is 1. The lowest BCUT2D eigenvalue weighted by Gasteiger charge is -2.17. The molecule has 24 heavy (non-hydrogen) atoms. The molecule has 1 amide bonds. The van der Waals surface area contributed by atoms with Gasteiger partial charge in [-0.2, -0.15) is 0 Å². The second-order valence-corrected chi connectivity index (χ2v) is 6.29. The summed E-state index contributed by atoms with van der Waals surface area (Å²) < 4.78 is 18.5. The van der Waals surface area contributed by atoms with Gasteiger partial charge in [-0.3, -0.25) is 4.79 Å². The number of carbonyl (C=O) groups excluding carboxylic acids is 2. The van der Waals surface area contributed by atoms with E-state index in [0.29, 0.717) is 5.02 Å². The van der Waals surface area contributed by atoms with Gasteiger partial charge in [0.15, 0.2) is 0 Å². The molecule has 2 rings (SSSR count). The van der Waals surface area contributed by atoms with Crippen LogP contribution in [0.15, 0.2) is 46.9 Å². The lowest BCUT2D eigenvalue weighted by atomic mass is 10.1. The number of nitrogens with one attached hydrogen (secondary N) is 1. The molecule has 0 saturated carbocycles. The lowest BCUT2D eigenvalue weighted by molar-refractivity contribution is -0.142. The summed E-state index contributed by atoms with van der Waals surface area (Å²) >= 11 is 9.35. The molecular formula is C17H14BrClFNO3. The largest absolute Gasteiger partial charge is 0.467 e. The van der Waals surface area contributed by atoms with E-state index in [9.17, 15) is 14.0 Å². The average molecular weight is 415 g/mol. The minimum Gasteiger partial charge on any atom is -0.467 e.